The molecule has 0 spiro atoms. The van der Waals surface area contributed by atoms with E-state index in [9.17, 15) is 19.2 Å². The standard InChI is InChI=1S/C19H23N3O5/c1-2-27-16(24)14-5-3-4-6-15(14)20-17(25)19(7-8-19)18(26)22-11-9-21(13-23)10-12-22/h3-6,13H,2,7-12H2,1H3,(H,20,25). The summed E-state index contributed by atoms with van der Waals surface area (Å²) in [5.74, 6) is -1.13. The molecule has 3 rings (SSSR count). The van der Waals surface area contributed by atoms with E-state index in [-0.39, 0.29) is 18.1 Å². The number of hydrogen-bond acceptors (Lipinski definition) is 5. The van der Waals surface area contributed by atoms with Crippen molar-refractivity contribution < 1.29 is 23.9 Å². The normalized spacial score (nSPS) is 17.8. The molecule has 2 fully saturated rings. The van der Waals surface area contributed by atoms with Crippen LogP contribution in [0.15, 0.2) is 24.3 Å². The van der Waals surface area contributed by atoms with Gasteiger partial charge in [0, 0.05) is 26.2 Å². The van der Waals surface area contributed by atoms with Crippen molar-refractivity contribution in [3.63, 3.8) is 0 Å². The van der Waals surface area contributed by atoms with Crippen LogP contribution in [0.25, 0.3) is 0 Å². The third-order valence-corrected chi connectivity index (χ3v) is 5.02. The molecule has 1 saturated heterocycles. The Balaban J connectivity index is 1.70. The first kappa shape index (κ1) is 18.9. The summed E-state index contributed by atoms with van der Waals surface area (Å²) in [5, 5.41) is 2.74. The number of ether oxygens (including phenoxy) is 1. The number of anilines is 1. The number of rotatable bonds is 6. The predicted octanol–water partition coefficient (Wildman–Crippen LogP) is 0.883. The average Bonchev–Trinajstić information content (AvgIpc) is 3.50. The van der Waals surface area contributed by atoms with Gasteiger partial charge in [0.25, 0.3) is 0 Å². The monoisotopic (exact) mass is 373 g/mol. The minimum Gasteiger partial charge on any atom is -0.462 e. The van der Waals surface area contributed by atoms with Crippen molar-refractivity contribution >= 4 is 29.9 Å². The predicted molar refractivity (Wildman–Crippen MR) is 96.9 cm³/mol. The van der Waals surface area contributed by atoms with Gasteiger partial charge in [0.05, 0.1) is 17.9 Å². The molecule has 0 radical (unpaired) electrons. The van der Waals surface area contributed by atoms with Gasteiger partial charge < -0.3 is 19.9 Å². The molecular formula is C19H23N3O5. The summed E-state index contributed by atoms with van der Waals surface area (Å²) in [6.45, 7) is 3.73. The van der Waals surface area contributed by atoms with Crippen LogP contribution >= 0.6 is 0 Å². The van der Waals surface area contributed by atoms with Gasteiger partial charge in [-0.3, -0.25) is 14.4 Å². The zero-order valence-electron chi connectivity index (χ0n) is 15.3. The zero-order valence-corrected chi connectivity index (χ0v) is 15.3. The van der Waals surface area contributed by atoms with Crippen LogP contribution in [0, 0.1) is 5.41 Å². The molecule has 1 saturated carbocycles. The number of nitrogens with zero attached hydrogens (tertiary/aromatic N) is 2. The van der Waals surface area contributed by atoms with Crippen LogP contribution in [0.2, 0.25) is 0 Å². The van der Waals surface area contributed by atoms with E-state index in [0.29, 0.717) is 44.7 Å². The molecule has 1 heterocycles. The van der Waals surface area contributed by atoms with Crippen LogP contribution in [-0.2, 0) is 19.1 Å². The molecule has 2 aliphatic rings. The summed E-state index contributed by atoms with van der Waals surface area (Å²) in [5.41, 5.74) is -0.480. The number of carbonyl (C=O) groups excluding carboxylic acids is 4. The van der Waals surface area contributed by atoms with Gasteiger partial charge in [0.15, 0.2) is 0 Å². The maximum absolute atomic E-state index is 12.9. The van der Waals surface area contributed by atoms with Crippen LogP contribution in [0.4, 0.5) is 5.69 Å². The van der Waals surface area contributed by atoms with Crippen molar-refractivity contribution in [1.82, 2.24) is 9.80 Å². The summed E-state index contributed by atoms with van der Waals surface area (Å²) < 4.78 is 5.02. The smallest absolute Gasteiger partial charge is 0.340 e. The van der Waals surface area contributed by atoms with Gasteiger partial charge >= 0.3 is 5.97 Å². The van der Waals surface area contributed by atoms with Crippen LogP contribution < -0.4 is 5.32 Å². The Morgan fingerprint density at radius 3 is 2.41 bits per heavy atom. The van der Waals surface area contributed by atoms with Gasteiger partial charge in [-0.25, -0.2) is 4.79 Å². The highest BCUT2D eigenvalue weighted by Crippen LogP contribution is 2.48. The van der Waals surface area contributed by atoms with Crippen LogP contribution in [0.1, 0.15) is 30.1 Å². The van der Waals surface area contributed by atoms with Crippen molar-refractivity contribution in [3.05, 3.63) is 29.8 Å². The Kier molecular flexibility index (Phi) is 5.43. The van der Waals surface area contributed by atoms with Gasteiger partial charge in [0.1, 0.15) is 5.41 Å². The molecule has 3 amide bonds. The lowest BCUT2D eigenvalue weighted by Crippen LogP contribution is -2.52. The third kappa shape index (κ3) is 3.79. The molecule has 0 aromatic heterocycles. The number of carbonyl (C=O) groups is 4. The molecule has 1 aromatic rings. The third-order valence-electron chi connectivity index (χ3n) is 5.02. The second-order valence-corrected chi connectivity index (χ2v) is 6.74. The summed E-state index contributed by atoms with van der Waals surface area (Å²) in [4.78, 5) is 51.9. The van der Waals surface area contributed by atoms with Gasteiger partial charge in [-0.1, -0.05) is 12.1 Å². The topological polar surface area (TPSA) is 96.0 Å². The molecule has 1 N–H and O–H groups in total. The molecule has 8 heteroatoms. The fourth-order valence-corrected chi connectivity index (χ4v) is 3.22. The summed E-state index contributed by atoms with van der Waals surface area (Å²) in [6, 6.07) is 6.59. The quantitative estimate of drug-likeness (QED) is 0.454. The summed E-state index contributed by atoms with van der Waals surface area (Å²) >= 11 is 0. The second-order valence-electron chi connectivity index (χ2n) is 6.74. The Labute approximate surface area is 157 Å². The number of para-hydroxylation sites is 1. The zero-order chi connectivity index (χ0) is 19.4. The SMILES string of the molecule is CCOC(=O)c1ccccc1NC(=O)C1(C(=O)N2CCN(C=O)CC2)CC1. The molecule has 1 aromatic carbocycles. The molecule has 0 atom stereocenters. The van der Waals surface area contributed by atoms with Crippen molar-refractivity contribution in [3.8, 4) is 0 Å². The van der Waals surface area contributed by atoms with E-state index in [1.54, 1.807) is 41.0 Å². The van der Waals surface area contributed by atoms with E-state index in [1.807, 2.05) is 0 Å². The highest BCUT2D eigenvalue weighted by Gasteiger charge is 2.58. The van der Waals surface area contributed by atoms with Gasteiger partial charge in [0.2, 0.25) is 18.2 Å². The molecule has 27 heavy (non-hydrogen) atoms. The van der Waals surface area contributed by atoms with Crippen molar-refractivity contribution in [2.45, 2.75) is 19.8 Å². The van der Waals surface area contributed by atoms with Crippen molar-refractivity contribution in [1.29, 1.82) is 0 Å². The second kappa shape index (κ2) is 7.77. The molecule has 1 aliphatic heterocycles. The Hall–Kier alpha value is -2.90. The molecular weight excluding hydrogens is 350 g/mol. The first-order chi connectivity index (χ1) is 13.0. The van der Waals surface area contributed by atoms with Gasteiger partial charge in [-0.05, 0) is 31.9 Å². The Morgan fingerprint density at radius 1 is 1.15 bits per heavy atom. The Bertz CT molecular complexity index is 751. The number of esters is 1. The van der Waals surface area contributed by atoms with E-state index < -0.39 is 17.3 Å². The number of nitrogens with one attached hydrogen (secondary N) is 1. The largest absolute Gasteiger partial charge is 0.462 e. The van der Waals surface area contributed by atoms with Crippen molar-refractivity contribution in [2.24, 2.45) is 5.41 Å². The fraction of sp³-hybridized carbons (Fsp3) is 0.474. The van der Waals surface area contributed by atoms with E-state index in [4.69, 9.17) is 4.74 Å². The number of amides is 3. The van der Waals surface area contributed by atoms with E-state index in [0.717, 1.165) is 6.41 Å². The van der Waals surface area contributed by atoms with Crippen molar-refractivity contribution in [2.75, 3.05) is 38.1 Å². The van der Waals surface area contributed by atoms with E-state index in [1.165, 1.54) is 0 Å². The first-order valence-electron chi connectivity index (χ1n) is 9.08. The highest BCUT2D eigenvalue weighted by molar-refractivity contribution is 6.14. The van der Waals surface area contributed by atoms with E-state index >= 15 is 0 Å². The number of piperazine rings is 1. The highest BCUT2D eigenvalue weighted by atomic mass is 16.5. The minimum atomic E-state index is -1.08. The number of hydrogen-bond donors (Lipinski definition) is 1. The summed E-state index contributed by atoms with van der Waals surface area (Å²) in [7, 11) is 0. The minimum absolute atomic E-state index is 0.209. The van der Waals surface area contributed by atoms with Crippen LogP contribution in [-0.4, -0.2) is 66.8 Å². The lowest BCUT2D eigenvalue weighted by molar-refractivity contribution is -0.144. The lowest BCUT2D eigenvalue weighted by atomic mass is 10.0. The maximum Gasteiger partial charge on any atom is 0.340 e. The molecule has 144 valence electrons. The molecule has 0 bridgehead atoms. The fourth-order valence-electron chi connectivity index (χ4n) is 3.22. The average molecular weight is 373 g/mol. The number of benzene rings is 1. The Morgan fingerprint density at radius 2 is 1.81 bits per heavy atom. The van der Waals surface area contributed by atoms with Crippen LogP contribution in [0.3, 0.4) is 0 Å². The first-order valence-corrected chi connectivity index (χ1v) is 9.08. The van der Waals surface area contributed by atoms with E-state index in [2.05, 4.69) is 5.32 Å². The molecule has 8 nitrogen and oxygen atoms in total. The molecule has 0 unspecified atom stereocenters. The van der Waals surface area contributed by atoms with Gasteiger partial charge in [-0.2, -0.15) is 0 Å². The summed E-state index contributed by atoms with van der Waals surface area (Å²) in [6.07, 6.45) is 1.73. The molecule has 1 aliphatic carbocycles. The van der Waals surface area contributed by atoms with Crippen LogP contribution in [0.5, 0.6) is 0 Å². The maximum atomic E-state index is 12.9. The van der Waals surface area contributed by atoms with Gasteiger partial charge in [-0.15, -0.1) is 0 Å². The lowest BCUT2D eigenvalue weighted by Gasteiger charge is -2.34.